The highest BCUT2D eigenvalue weighted by molar-refractivity contribution is 9.11. The summed E-state index contributed by atoms with van der Waals surface area (Å²) >= 11 is 6.54. The molecule has 14 heavy (non-hydrogen) atoms. The van der Waals surface area contributed by atoms with Crippen molar-refractivity contribution < 1.29 is 9.90 Å². The summed E-state index contributed by atoms with van der Waals surface area (Å²) in [4.78, 5) is 10.9. The minimum Gasteiger partial charge on any atom is -0.480 e. The number of carboxylic acids is 1. The maximum atomic E-state index is 10.9. The largest absolute Gasteiger partial charge is 0.480 e. The normalized spacial score (nSPS) is 14.9. The van der Waals surface area contributed by atoms with Gasteiger partial charge in [0.25, 0.3) is 0 Å². The Bertz CT molecular complexity index is 377. The Morgan fingerprint density at radius 2 is 2.07 bits per heavy atom. The first-order valence-corrected chi connectivity index (χ1v) is 5.42. The number of carboxylic acid groups (broad SMARTS) is 1. The molecule has 0 radical (unpaired) electrons. The Morgan fingerprint density at radius 3 is 2.57 bits per heavy atom. The van der Waals surface area contributed by atoms with E-state index in [-0.39, 0.29) is 0 Å². The number of carbonyl (C=O) groups is 1. The van der Waals surface area contributed by atoms with Crippen molar-refractivity contribution in [2.75, 3.05) is 0 Å². The maximum Gasteiger partial charge on any atom is 0.328 e. The quantitative estimate of drug-likeness (QED) is 0.879. The summed E-state index contributed by atoms with van der Waals surface area (Å²) in [6, 6.07) is 5.26. The topological polar surface area (TPSA) is 63.3 Å². The Morgan fingerprint density at radius 1 is 1.50 bits per heavy atom. The molecular formula is C9H9Br2NO2. The van der Waals surface area contributed by atoms with Gasteiger partial charge in [0.15, 0.2) is 0 Å². The number of benzene rings is 1. The molecule has 5 heteroatoms. The Balaban J connectivity index is 3.31. The van der Waals surface area contributed by atoms with Crippen molar-refractivity contribution in [3.63, 3.8) is 0 Å². The first-order chi connectivity index (χ1) is 6.35. The number of hydrogen-bond acceptors (Lipinski definition) is 2. The first-order valence-electron chi connectivity index (χ1n) is 3.83. The standard InChI is InChI=1S/C9H9Br2NO2/c1-9(12,8(13)14)6-4-5(10)2-3-7(6)11/h2-4H,12H2,1H3,(H,13,14)/t9-/m0/s1. The van der Waals surface area contributed by atoms with Crippen LogP contribution >= 0.6 is 31.9 Å². The van der Waals surface area contributed by atoms with Crippen molar-refractivity contribution in [1.82, 2.24) is 0 Å². The number of halogens is 2. The molecule has 3 N–H and O–H groups in total. The fourth-order valence-electron chi connectivity index (χ4n) is 1.01. The molecule has 0 saturated heterocycles. The predicted octanol–water partition coefficient (Wildman–Crippen LogP) is 2.47. The molecule has 0 fully saturated rings. The van der Waals surface area contributed by atoms with Crippen LogP contribution in [0.4, 0.5) is 0 Å². The SMILES string of the molecule is C[C@@](N)(C(=O)O)c1cc(Br)ccc1Br. The molecule has 76 valence electrons. The van der Waals surface area contributed by atoms with E-state index in [0.717, 1.165) is 4.47 Å². The highest BCUT2D eigenvalue weighted by atomic mass is 79.9. The minimum absolute atomic E-state index is 0.541. The molecule has 0 bridgehead atoms. The van der Waals surface area contributed by atoms with E-state index in [9.17, 15) is 4.79 Å². The molecule has 0 spiro atoms. The van der Waals surface area contributed by atoms with Crippen LogP contribution in [0.15, 0.2) is 27.1 Å². The summed E-state index contributed by atoms with van der Waals surface area (Å²) in [5.74, 6) is -1.06. The Kier molecular flexibility index (Phi) is 3.34. The van der Waals surface area contributed by atoms with Crippen LogP contribution in [-0.2, 0) is 10.3 Å². The van der Waals surface area contributed by atoms with Gasteiger partial charge in [-0.1, -0.05) is 31.9 Å². The third kappa shape index (κ3) is 2.16. The van der Waals surface area contributed by atoms with Gasteiger partial charge in [-0.15, -0.1) is 0 Å². The van der Waals surface area contributed by atoms with Crippen LogP contribution in [0.3, 0.4) is 0 Å². The Labute approximate surface area is 98.6 Å². The van der Waals surface area contributed by atoms with Crippen molar-refractivity contribution in [3.05, 3.63) is 32.7 Å². The lowest BCUT2D eigenvalue weighted by molar-refractivity contribution is -0.143. The molecule has 0 aliphatic rings. The van der Waals surface area contributed by atoms with Crippen molar-refractivity contribution in [1.29, 1.82) is 0 Å². The van der Waals surface area contributed by atoms with Gasteiger partial charge in [0.1, 0.15) is 5.54 Å². The van der Waals surface area contributed by atoms with E-state index in [2.05, 4.69) is 31.9 Å². The molecule has 0 aliphatic carbocycles. The summed E-state index contributed by atoms with van der Waals surface area (Å²) in [6.07, 6.45) is 0. The summed E-state index contributed by atoms with van der Waals surface area (Å²) in [6.45, 7) is 1.46. The van der Waals surface area contributed by atoms with Crippen molar-refractivity contribution in [2.24, 2.45) is 5.73 Å². The second-order valence-electron chi connectivity index (χ2n) is 3.13. The van der Waals surface area contributed by atoms with Gasteiger partial charge in [-0.2, -0.15) is 0 Å². The van der Waals surface area contributed by atoms with Gasteiger partial charge in [-0.3, -0.25) is 0 Å². The third-order valence-corrected chi connectivity index (χ3v) is 3.12. The zero-order valence-corrected chi connectivity index (χ0v) is 10.6. The first kappa shape index (κ1) is 11.7. The summed E-state index contributed by atoms with van der Waals surface area (Å²) in [7, 11) is 0. The minimum atomic E-state index is -1.39. The fraction of sp³-hybridized carbons (Fsp3) is 0.222. The van der Waals surface area contributed by atoms with E-state index in [1.807, 2.05) is 6.07 Å². The van der Waals surface area contributed by atoms with Crippen LogP contribution in [-0.4, -0.2) is 11.1 Å². The number of aliphatic carboxylic acids is 1. The van der Waals surface area contributed by atoms with Crippen molar-refractivity contribution in [2.45, 2.75) is 12.5 Å². The summed E-state index contributed by atoms with van der Waals surface area (Å²) < 4.78 is 1.49. The van der Waals surface area contributed by atoms with Gasteiger partial charge < -0.3 is 10.8 Å². The molecule has 0 heterocycles. The molecule has 0 unspecified atom stereocenters. The average Bonchev–Trinajstić information content (AvgIpc) is 2.08. The van der Waals surface area contributed by atoms with E-state index >= 15 is 0 Å². The lowest BCUT2D eigenvalue weighted by Crippen LogP contribution is -2.42. The molecule has 0 saturated carbocycles. The molecule has 1 aromatic rings. The second kappa shape index (κ2) is 4.00. The molecule has 1 aromatic carbocycles. The molecule has 0 amide bonds. The monoisotopic (exact) mass is 321 g/mol. The van der Waals surface area contributed by atoms with Crippen molar-refractivity contribution >= 4 is 37.8 Å². The summed E-state index contributed by atoms with van der Waals surface area (Å²) in [5, 5.41) is 8.95. The highest BCUT2D eigenvalue weighted by Crippen LogP contribution is 2.29. The zero-order chi connectivity index (χ0) is 10.9. The molecular weight excluding hydrogens is 314 g/mol. The molecule has 0 aliphatic heterocycles. The maximum absolute atomic E-state index is 10.9. The number of rotatable bonds is 2. The van der Waals surface area contributed by atoms with Crippen molar-refractivity contribution in [3.8, 4) is 0 Å². The lowest BCUT2D eigenvalue weighted by Gasteiger charge is -2.21. The molecule has 3 nitrogen and oxygen atoms in total. The van der Waals surface area contributed by atoms with Crippen LogP contribution in [0.25, 0.3) is 0 Å². The van der Waals surface area contributed by atoms with Gasteiger partial charge in [-0.25, -0.2) is 4.79 Å². The van der Waals surface area contributed by atoms with Gasteiger partial charge in [0.05, 0.1) is 0 Å². The van der Waals surface area contributed by atoms with Gasteiger partial charge in [0.2, 0.25) is 0 Å². The van der Waals surface area contributed by atoms with E-state index < -0.39 is 11.5 Å². The zero-order valence-electron chi connectivity index (χ0n) is 7.42. The number of nitrogens with two attached hydrogens (primary N) is 1. The predicted molar refractivity (Wildman–Crippen MR) is 61.0 cm³/mol. The van der Waals surface area contributed by atoms with Crippen LogP contribution < -0.4 is 5.73 Å². The fourth-order valence-corrected chi connectivity index (χ4v) is 2.03. The smallest absolute Gasteiger partial charge is 0.328 e. The van der Waals surface area contributed by atoms with Gasteiger partial charge in [0, 0.05) is 8.95 Å². The number of hydrogen-bond donors (Lipinski definition) is 2. The van der Waals surface area contributed by atoms with E-state index in [4.69, 9.17) is 10.8 Å². The van der Waals surface area contributed by atoms with Crippen LogP contribution in [0.1, 0.15) is 12.5 Å². The van der Waals surface area contributed by atoms with E-state index in [0.29, 0.717) is 10.0 Å². The average molecular weight is 323 g/mol. The molecule has 0 aromatic heterocycles. The van der Waals surface area contributed by atoms with Crippen LogP contribution in [0.2, 0.25) is 0 Å². The molecule has 1 rings (SSSR count). The summed E-state index contributed by atoms with van der Waals surface area (Å²) in [5.41, 5.74) is 4.85. The van der Waals surface area contributed by atoms with Crippen LogP contribution in [0, 0.1) is 0 Å². The highest BCUT2D eigenvalue weighted by Gasteiger charge is 2.32. The van der Waals surface area contributed by atoms with E-state index in [1.54, 1.807) is 12.1 Å². The Hall–Kier alpha value is -0.390. The van der Waals surface area contributed by atoms with Gasteiger partial charge in [-0.05, 0) is 30.7 Å². The van der Waals surface area contributed by atoms with E-state index in [1.165, 1.54) is 6.92 Å². The lowest BCUT2D eigenvalue weighted by atomic mass is 9.94. The molecule has 1 atom stereocenters. The van der Waals surface area contributed by atoms with Crippen LogP contribution in [0.5, 0.6) is 0 Å². The second-order valence-corrected chi connectivity index (χ2v) is 4.90. The third-order valence-electron chi connectivity index (χ3n) is 1.93. The van der Waals surface area contributed by atoms with Gasteiger partial charge >= 0.3 is 5.97 Å².